The van der Waals surface area contributed by atoms with E-state index < -0.39 is 5.82 Å². The minimum atomic E-state index is -0.400. The molecule has 2 aromatic heterocycles. The summed E-state index contributed by atoms with van der Waals surface area (Å²) in [5.41, 5.74) is 2.00. The Labute approximate surface area is 145 Å². The number of aromatic nitrogens is 3. The molecule has 2 unspecified atom stereocenters. The van der Waals surface area contributed by atoms with Gasteiger partial charge in [-0.15, -0.1) is 0 Å². The van der Waals surface area contributed by atoms with Crippen molar-refractivity contribution in [3.63, 3.8) is 0 Å². The largest absolute Gasteiger partial charge is 0.486 e. The second-order valence-electron chi connectivity index (χ2n) is 6.61. The molecule has 1 saturated carbocycles. The summed E-state index contributed by atoms with van der Waals surface area (Å²) in [4.78, 5) is 17.3. The van der Waals surface area contributed by atoms with Crippen molar-refractivity contribution in [2.75, 3.05) is 0 Å². The summed E-state index contributed by atoms with van der Waals surface area (Å²) >= 11 is 3.33. The third-order valence-corrected chi connectivity index (χ3v) is 6.06. The van der Waals surface area contributed by atoms with Gasteiger partial charge >= 0.3 is 5.69 Å². The second-order valence-corrected chi connectivity index (χ2v) is 7.40. The first-order chi connectivity index (χ1) is 11.6. The Kier molecular flexibility index (Phi) is 2.90. The third-order valence-electron chi connectivity index (χ3n) is 5.32. The van der Waals surface area contributed by atoms with Gasteiger partial charge in [0.1, 0.15) is 17.7 Å². The number of hydrogen-bond acceptors (Lipinski definition) is 3. The molecule has 1 aromatic carbocycles. The van der Waals surface area contributed by atoms with Crippen molar-refractivity contribution in [3.8, 4) is 5.75 Å². The lowest BCUT2D eigenvalue weighted by Gasteiger charge is -2.31. The molecule has 1 aliphatic heterocycles. The van der Waals surface area contributed by atoms with E-state index in [4.69, 9.17) is 4.74 Å². The number of benzene rings is 1. The van der Waals surface area contributed by atoms with E-state index in [9.17, 15) is 9.18 Å². The summed E-state index contributed by atoms with van der Waals surface area (Å²) in [5.74, 6) is 0.0697. The molecule has 0 saturated heterocycles. The summed E-state index contributed by atoms with van der Waals surface area (Å²) in [6.45, 7) is 0. The summed E-state index contributed by atoms with van der Waals surface area (Å²) in [5, 5.41) is 0.716. The van der Waals surface area contributed by atoms with Gasteiger partial charge < -0.3 is 4.74 Å². The van der Waals surface area contributed by atoms with Gasteiger partial charge in [-0.3, -0.25) is 14.1 Å². The van der Waals surface area contributed by atoms with Gasteiger partial charge in [-0.05, 0) is 35.2 Å². The van der Waals surface area contributed by atoms with Crippen LogP contribution in [0.2, 0.25) is 0 Å². The molecule has 24 heavy (non-hydrogen) atoms. The molecule has 0 amide bonds. The zero-order valence-corrected chi connectivity index (χ0v) is 14.6. The van der Waals surface area contributed by atoms with Crippen LogP contribution >= 0.6 is 15.9 Å². The smallest absolute Gasteiger partial charge is 0.329 e. The predicted octanol–water partition coefficient (Wildman–Crippen LogP) is 3.67. The van der Waals surface area contributed by atoms with Crippen LogP contribution in [0.4, 0.5) is 4.39 Å². The first-order valence-corrected chi connectivity index (χ1v) is 8.91. The molecule has 2 aliphatic rings. The van der Waals surface area contributed by atoms with Gasteiger partial charge in [0.15, 0.2) is 0 Å². The van der Waals surface area contributed by atoms with Crippen molar-refractivity contribution in [1.29, 1.82) is 0 Å². The van der Waals surface area contributed by atoms with E-state index in [1.165, 1.54) is 6.07 Å². The molecular weight excluding hydrogens is 377 g/mol. The maximum absolute atomic E-state index is 14.3. The number of aryl methyl sites for hydroxylation is 1. The Bertz CT molecular complexity index is 1070. The number of ether oxygens (including phenoxy) is 1. The molecule has 5 nitrogen and oxygen atoms in total. The van der Waals surface area contributed by atoms with Crippen LogP contribution in [0.3, 0.4) is 0 Å². The molecule has 3 aromatic rings. The van der Waals surface area contributed by atoms with Crippen LogP contribution in [0, 0.1) is 5.82 Å². The summed E-state index contributed by atoms with van der Waals surface area (Å²) in [6, 6.07) is 1.37. The first kappa shape index (κ1) is 14.5. The molecule has 0 N–H and O–H groups in total. The second kappa shape index (κ2) is 4.81. The Hall–Kier alpha value is -1.89. The molecule has 3 heterocycles. The molecule has 124 valence electrons. The van der Waals surface area contributed by atoms with E-state index in [0.29, 0.717) is 21.1 Å². The standard InChI is InChI=1S/C17H15BrFN3O2/c1-21-11-7-20-9-6-8(19)14(18)16-13(9)15(11)22(17(21)23)10-4-2-3-5-12(10)24-16/h6-7,10,12H,2-5H2,1H3. The van der Waals surface area contributed by atoms with Crippen molar-refractivity contribution in [2.24, 2.45) is 7.05 Å². The number of nitrogens with zero attached hydrogens (tertiary/aromatic N) is 3. The Balaban J connectivity index is 2.04. The third kappa shape index (κ3) is 1.68. The molecule has 0 bridgehead atoms. The lowest BCUT2D eigenvalue weighted by molar-refractivity contribution is 0.101. The van der Waals surface area contributed by atoms with E-state index in [-0.39, 0.29) is 17.8 Å². The molecule has 1 aliphatic carbocycles. The van der Waals surface area contributed by atoms with Crippen molar-refractivity contribution >= 4 is 37.9 Å². The fourth-order valence-electron chi connectivity index (χ4n) is 4.17. The lowest BCUT2D eigenvalue weighted by Crippen LogP contribution is -2.37. The van der Waals surface area contributed by atoms with Gasteiger partial charge in [0, 0.05) is 13.1 Å². The number of pyridine rings is 1. The Morgan fingerprint density at radius 3 is 3.00 bits per heavy atom. The van der Waals surface area contributed by atoms with Gasteiger partial charge in [-0.1, -0.05) is 6.42 Å². The molecular formula is C17H15BrFN3O2. The lowest BCUT2D eigenvalue weighted by atomic mass is 9.92. The van der Waals surface area contributed by atoms with Crippen LogP contribution in [0.5, 0.6) is 5.75 Å². The Morgan fingerprint density at radius 2 is 2.17 bits per heavy atom. The fourth-order valence-corrected chi connectivity index (χ4v) is 4.58. The van der Waals surface area contributed by atoms with Crippen LogP contribution in [0.25, 0.3) is 21.9 Å². The summed E-state index contributed by atoms with van der Waals surface area (Å²) < 4.78 is 24.3. The maximum atomic E-state index is 14.3. The van der Waals surface area contributed by atoms with E-state index >= 15 is 0 Å². The SMILES string of the molecule is Cn1c(=O)n2c3c4c(c(Br)c(F)cc4ncc31)OC1CCCCC12. The average molecular weight is 392 g/mol. The van der Waals surface area contributed by atoms with E-state index in [1.54, 1.807) is 17.8 Å². The van der Waals surface area contributed by atoms with Gasteiger partial charge in [-0.25, -0.2) is 9.18 Å². The van der Waals surface area contributed by atoms with Crippen molar-refractivity contribution in [2.45, 2.75) is 37.8 Å². The molecule has 5 rings (SSSR count). The number of rotatable bonds is 0. The molecule has 0 radical (unpaired) electrons. The van der Waals surface area contributed by atoms with Crippen LogP contribution < -0.4 is 10.4 Å². The van der Waals surface area contributed by atoms with Crippen molar-refractivity contribution in [3.05, 3.63) is 33.0 Å². The van der Waals surface area contributed by atoms with E-state index in [2.05, 4.69) is 20.9 Å². The van der Waals surface area contributed by atoms with Crippen molar-refractivity contribution in [1.82, 2.24) is 14.1 Å². The number of halogens is 2. The minimum absolute atomic E-state index is 0.0251. The van der Waals surface area contributed by atoms with Gasteiger partial charge in [0.25, 0.3) is 0 Å². The van der Waals surface area contributed by atoms with E-state index in [0.717, 1.165) is 36.7 Å². The van der Waals surface area contributed by atoms with Crippen LogP contribution in [0.1, 0.15) is 31.7 Å². The topological polar surface area (TPSA) is 49.0 Å². The number of imidazole rings is 1. The molecule has 0 spiro atoms. The highest BCUT2D eigenvalue weighted by molar-refractivity contribution is 9.10. The van der Waals surface area contributed by atoms with Gasteiger partial charge in [0.05, 0.1) is 38.6 Å². The molecule has 2 atom stereocenters. The quantitative estimate of drug-likeness (QED) is 0.587. The van der Waals surface area contributed by atoms with Crippen molar-refractivity contribution < 1.29 is 9.13 Å². The highest BCUT2D eigenvalue weighted by atomic mass is 79.9. The summed E-state index contributed by atoms with van der Waals surface area (Å²) in [7, 11) is 1.76. The minimum Gasteiger partial charge on any atom is -0.486 e. The zero-order valence-electron chi connectivity index (χ0n) is 13.1. The van der Waals surface area contributed by atoms with Crippen LogP contribution in [-0.2, 0) is 7.05 Å². The number of fused-ring (bicyclic) bond motifs is 2. The average Bonchev–Trinajstić information content (AvgIpc) is 2.75. The van der Waals surface area contributed by atoms with E-state index in [1.807, 2.05) is 4.57 Å². The summed E-state index contributed by atoms with van der Waals surface area (Å²) in [6.07, 6.45) is 5.39. The monoisotopic (exact) mass is 391 g/mol. The highest BCUT2D eigenvalue weighted by Crippen LogP contribution is 2.45. The zero-order chi connectivity index (χ0) is 16.6. The van der Waals surface area contributed by atoms with Gasteiger partial charge in [-0.2, -0.15) is 0 Å². The first-order valence-electron chi connectivity index (χ1n) is 8.12. The predicted molar refractivity (Wildman–Crippen MR) is 92.1 cm³/mol. The highest BCUT2D eigenvalue weighted by Gasteiger charge is 2.36. The van der Waals surface area contributed by atoms with Crippen LogP contribution in [0.15, 0.2) is 21.5 Å². The van der Waals surface area contributed by atoms with Crippen LogP contribution in [-0.4, -0.2) is 20.2 Å². The maximum Gasteiger partial charge on any atom is 0.329 e. The molecule has 1 fully saturated rings. The fraction of sp³-hybridized carbons (Fsp3) is 0.412. The normalized spacial score (nSPS) is 22.6. The van der Waals surface area contributed by atoms with Gasteiger partial charge in [0.2, 0.25) is 0 Å². The Morgan fingerprint density at radius 1 is 1.38 bits per heavy atom. The number of hydrogen-bond donors (Lipinski definition) is 0. The molecule has 7 heteroatoms.